The number of nitriles is 4. The molecule has 16 heavy (non-hydrogen) atoms. The van der Waals surface area contributed by atoms with E-state index in [9.17, 15) is 0 Å². The van der Waals surface area contributed by atoms with Gasteiger partial charge in [0.25, 0.3) is 0 Å². The van der Waals surface area contributed by atoms with Crippen molar-refractivity contribution in [2.45, 2.75) is 25.7 Å². The van der Waals surface area contributed by atoms with Crippen molar-refractivity contribution in [1.29, 1.82) is 21.0 Å². The molecule has 0 aromatic rings. The largest absolute Gasteiger partial charge is 0.198 e. The van der Waals surface area contributed by atoms with Crippen molar-refractivity contribution in [2.24, 2.45) is 23.7 Å². The first-order valence-electron chi connectivity index (χ1n) is 5.35. The second-order valence-electron chi connectivity index (χ2n) is 4.10. The molecule has 2 rings (SSSR count). The molecule has 0 radical (unpaired) electrons. The highest BCUT2D eigenvalue weighted by Crippen LogP contribution is 2.32. The van der Waals surface area contributed by atoms with Crippen LogP contribution < -0.4 is 0 Å². The van der Waals surface area contributed by atoms with Crippen LogP contribution in [0.1, 0.15) is 25.7 Å². The molecular weight excluding hydrogens is 200 g/mol. The molecule has 0 aromatic carbocycles. The maximum absolute atomic E-state index is 8.29. The van der Waals surface area contributed by atoms with Crippen LogP contribution in [-0.4, -0.2) is 0 Å². The van der Waals surface area contributed by atoms with Gasteiger partial charge in [-0.15, -0.1) is 0 Å². The van der Waals surface area contributed by atoms with Gasteiger partial charge in [-0.1, -0.05) is 0 Å². The summed E-state index contributed by atoms with van der Waals surface area (Å²) < 4.78 is 0. The normalized spacial score (nSPS) is 34.2. The molecule has 2 aliphatic carbocycles. The molecule has 2 fully saturated rings. The Balaban J connectivity index is 0.000000160. The predicted octanol–water partition coefficient (Wildman–Crippen LogP) is 2.12. The highest BCUT2D eigenvalue weighted by atomic mass is 14.4. The zero-order valence-electron chi connectivity index (χ0n) is 8.93. The van der Waals surface area contributed by atoms with E-state index in [1.165, 1.54) is 0 Å². The molecule has 80 valence electrons. The lowest BCUT2D eigenvalue weighted by Crippen LogP contribution is -2.22. The summed E-state index contributed by atoms with van der Waals surface area (Å²) in [6.07, 6.45) is 3.70. The van der Waals surface area contributed by atoms with Gasteiger partial charge >= 0.3 is 0 Å². The average molecular weight is 212 g/mol. The molecule has 4 atom stereocenters. The molecular formula is C12H12N4. The van der Waals surface area contributed by atoms with Gasteiger partial charge in [0.2, 0.25) is 0 Å². The van der Waals surface area contributed by atoms with E-state index in [1.54, 1.807) is 0 Å². The van der Waals surface area contributed by atoms with E-state index in [0.717, 1.165) is 25.7 Å². The first-order chi connectivity index (χ1) is 7.76. The molecule has 0 unspecified atom stereocenters. The van der Waals surface area contributed by atoms with E-state index in [4.69, 9.17) is 21.0 Å². The van der Waals surface area contributed by atoms with Gasteiger partial charge in [0.05, 0.1) is 47.9 Å². The molecule has 4 nitrogen and oxygen atoms in total. The van der Waals surface area contributed by atoms with E-state index in [-0.39, 0.29) is 23.7 Å². The fourth-order valence-electron chi connectivity index (χ4n) is 1.62. The molecule has 0 aromatic heterocycles. The van der Waals surface area contributed by atoms with Crippen molar-refractivity contribution in [3.63, 3.8) is 0 Å². The number of hydrogen-bond donors (Lipinski definition) is 0. The zero-order valence-corrected chi connectivity index (χ0v) is 8.93. The first-order valence-corrected chi connectivity index (χ1v) is 5.35. The minimum Gasteiger partial charge on any atom is -0.198 e. The van der Waals surface area contributed by atoms with Gasteiger partial charge in [-0.05, 0) is 25.7 Å². The quantitative estimate of drug-likeness (QED) is 0.614. The smallest absolute Gasteiger partial charge is 0.0669 e. The van der Waals surface area contributed by atoms with Crippen molar-refractivity contribution >= 4 is 0 Å². The topological polar surface area (TPSA) is 95.2 Å². The Labute approximate surface area is 95.3 Å². The predicted molar refractivity (Wildman–Crippen MR) is 54.9 cm³/mol. The van der Waals surface area contributed by atoms with Crippen LogP contribution in [0.15, 0.2) is 0 Å². The van der Waals surface area contributed by atoms with Gasteiger partial charge in [0.15, 0.2) is 0 Å². The van der Waals surface area contributed by atoms with Gasteiger partial charge in [-0.2, -0.15) is 21.0 Å². The standard InChI is InChI=1S/2C6H6N2/c2*7-3-5-1-2-6(5)4-8/h2*5-6H,1-2H2/t2*5-,6+. The summed E-state index contributed by atoms with van der Waals surface area (Å²) in [5.41, 5.74) is 0. The fraction of sp³-hybridized carbons (Fsp3) is 0.667. The zero-order chi connectivity index (χ0) is 12.0. The summed E-state index contributed by atoms with van der Waals surface area (Å²) in [6.45, 7) is 0. The molecule has 0 N–H and O–H groups in total. The van der Waals surface area contributed by atoms with Crippen molar-refractivity contribution in [3.8, 4) is 24.3 Å². The fourth-order valence-corrected chi connectivity index (χ4v) is 1.62. The van der Waals surface area contributed by atoms with E-state index in [2.05, 4.69) is 24.3 Å². The second kappa shape index (κ2) is 5.75. The van der Waals surface area contributed by atoms with E-state index in [0.29, 0.717) is 0 Å². The Hall–Kier alpha value is -2.04. The summed E-state index contributed by atoms with van der Waals surface area (Å²) >= 11 is 0. The number of hydrogen-bond acceptors (Lipinski definition) is 4. The molecule has 2 saturated carbocycles. The molecule has 0 amide bonds. The van der Waals surface area contributed by atoms with Crippen molar-refractivity contribution < 1.29 is 0 Å². The van der Waals surface area contributed by atoms with Gasteiger partial charge < -0.3 is 0 Å². The Kier molecular flexibility index (Phi) is 4.32. The van der Waals surface area contributed by atoms with Crippen LogP contribution in [-0.2, 0) is 0 Å². The van der Waals surface area contributed by atoms with Gasteiger partial charge in [0, 0.05) is 0 Å². The molecule has 2 aliphatic rings. The lowest BCUT2D eigenvalue weighted by molar-refractivity contribution is 0.303. The van der Waals surface area contributed by atoms with E-state index < -0.39 is 0 Å². The summed E-state index contributed by atoms with van der Waals surface area (Å²) in [5, 5.41) is 33.1. The van der Waals surface area contributed by atoms with Gasteiger partial charge in [0.1, 0.15) is 0 Å². The molecule has 0 bridgehead atoms. The summed E-state index contributed by atoms with van der Waals surface area (Å²) in [7, 11) is 0. The van der Waals surface area contributed by atoms with Crippen LogP contribution in [0.4, 0.5) is 0 Å². The third-order valence-corrected chi connectivity index (χ3v) is 3.21. The average Bonchev–Trinajstić information content (AvgIpc) is 2.18. The number of nitrogens with zero attached hydrogens (tertiary/aromatic N) is 4. The van der Waals surface area contributed by atoms with Gasteiger partial charge in [-0.25, -0.2) is 0 Å². The second-order valence-corrected chi connectivity index (χ2v) is 4.10. The lowest BCUT2D eigenvalue weighted by Gasteiger charge is -2.24. The SMILES string of the molecule is N#C[C@@H]1CC[C@@H]1C#N.N#C[C@@H]1CC[C@@H]1C#N. The Bertz CT molecular complexity index is 321. The van der Waals surface area contributed by atoms with Crippen LogP contribution in [0.25, 0.3) is 0 Å². The molecule has 0 spiro atoms. The maximum Gasteiger partial charge on any atom is 0.0669 e. The summed E-state index contributed by atoms with van der Waals surface area (Å²) in [5.74, 6) is 0.167. The lowest BCUT2D eigenvalue weighted by atomic mass is 9.76. The first kappa shape index (κ1) is 12.0. The van der Waals surface area contributed by atoms with E-state index in [1.807, 2.05) is 0 Å². The summed E-state index contributed by atoms with van der Waals surface area (Å²) in [6, 6.07) is 8.32. The Morgan fingerprint density at radius 2 is 0.688 bits per heavy atom. The highest BCUT2D eigenvalue weighted by Gasteiger charge is 2.30. The molecule has 0 heterocycles. The Morgan fingerprint density at radius 3 is 0.750 bits per heavy atom. The third-order valence-electron chi connectivity index (χ3n) is 3.21. The highest BCUT2D eigenvalue weighted by molar-refractivity contribution is 5.05. The minimum absolute atomic E-state index is 0.0417. The summed E-state index contributed by atoms with van der Waals surface area (Å²) in [4.78, 5) is 0. The van der Waals surface area contributed by atoms with Crippen LogP contribution in [0.5, 0.6) is 0 Å². The molecule has 0 aliphatic heterocycles. The third kappa shape index (κ3) is 2.50. The van der Waals surface area contributed by atoms with Crippen LogP contribution in [0.3, 0.4) is 0 Å². The Morgan fingerprint density at radius 1 is 0.500 bits per heavy atom. The minimum atomic E-state index is 0.0417. The monoisotopic (exact) mass is 212 g/mol. The van der Waals surface area contributed by atoms with Crippen LogP contribution >= 0.6 is 0 Å². The molecule has 4 heteroatoms. The molecule has 0 saturated heterocycles. The van der Waals surface area contributed by atoms with E-state index >= 15 is 0 Å². The van der Waals surface area contributed by atoms with Crippen LogP contribution in [0, 0.1) is 69.0 Å². The van der Waals surface area contributed by atoms with Crippen molar-refractivity contribution in [1.82, 2.24) is 0 Å². The van der Waals surface area contributed by atoms with Gasteiger partial charge in [-0.3, -0.25) is 0 Å². The van der Waals surface area contributed by atoms with Crippen LogP contribution in [0.2, 0.25) is 0 Å². The van der Waals surface area contributed by atoms with Crippen molar-refractivity contribution in [2.75, 3.05) is 0 Å². The maximum atomic E-state index is 8.29. The van der Waals surface area contributed by atoms with Crippen molar-refractivity contribution in [3.05, 3.63) is 0 Å². The number of rotatable bonds is 0.